The van der Waals surface area contributed by atoms with Crippen LogP contribution in [-0.4, -0.2) is 18.8 Å². The first-order valence-corrected chi connectivity index (χ1v) is 7.13. The lowest BCUT2D eigenvalue weighted by atomic mass is 9.89. The summed E-state index contributed by atoms with van der Waals surface area (Å²) in [5, 5.41) is 2.65. The number of fused-ring (bicyclic) bond motifs is 1. The van der Waals surface area contributed by atoms with Gasteiger partial charge in [0.15, 0.2) is 0 Å². The van der Waals surface area contributed by atoms with Gasteiger partial charge in [0.25, 0.3) is 0 Å². The Kier molecular flexibility index (Phi) is 3.54. The van der Waals surface area contributed by atoms with E-state index in [1.54, 1.807) is 0 Å². The third-order valence-corrected chi connectivity index (χ3v) is 4.27. The van der Waals surface area contributed by atoms with Gasteiger partial charge in [-0.3, -0.25) is 0 Å². The average molecular weight is 255 g/mol. The molecule has 0 spiro atoms. The molecule has 19 heavy (non-hydrogen) atoms. The highest BCUT2D eigenvalue weighted by molar-refractivity contribution is 5.86. The molecule has 3 rings (SSSR count). The van der Waals surface area contributed by atoms with Gasteiger partial charge in [-0.15, -0.1) is 0 Å². The van der Waals surface area contributed by atoms with E-state index in [1.165, 1.54) is 16.3 Å². The van der Waals surface area contributed by atoms with Gasteiger partial charge < -0.3 is 10.5 Å². The minimum absolute atomic E-state index is 0.252. The first-order valence-electron chi connectivity index (χ1n) is 7.13. The Balaban J connectivity index is 1.92. The topological polar surface area (TPSA) is 35.2 Å². The molecule has 1 saturated heterocycles. The second-order valence-corrected chi connectivity index (χ2v) is 5.47. The van der Waals surface area contributed by atoms with Crippen LogP contribution in [0.3, 0.4) is 0 Å². The molecule has 2 aromatic rings. The second kappa shape index (κ2) is 5.32. The highest BCUT2D eigenvalue weighted by Crippen LogP contribution is 2.34. The maximum atomic E-state index is 6.05. The summed E-state index contributed by atoms with van der Waals surface area (Å²) in [6.45, 7) is 2.91. The molecule has 0 bridgehead atoms. The van der Waals surface area contributed by atoms with Crippen LogP contribution in [0, 0.1) is 0 Å². The molecule has 0 saturated carbocycles. The standard InChI is InChI=1S/C17H21NO/c1-12(17-10-9-14(11-18)19-17)15-8-4-6-13-5-2-3-7-16(13)15/h2-8,12,14,17H,9-11,18H2,1H3/t12-,14?,17?/m1/s1. The van der Waals surface area contributed by atoms with Crippen molar-refractivity contribution in [1.82, 2.24) is 0 Å². The fraction of sp³-hybridized carbons (Fsp3) is 0.412. The van der Waals surface area contributed by atoms with Gasteiger partial charge in [-0.2, -0.15) is 0 Å². The van der Waals surface area contributed by atoms with Crippen molar-refractivity contribution in [3.05, 3.63) is 48.0 Å². The van der Waals surface area contributed by atoms with Crippen molar-refractivity contribution in [2.45, 2.75) is 37.9 Å². The van der Waals surface area contributed by atoms with Crippen molar-refractivity contribution in [3.63, 3.8) is 0 Å². The highest BCUT2D eigenvalue weighted by atomic mass is 16.5. The Labute approximate surface area is 114 Å². The lowest BCUT2D eigenvalue weighted by Gasteiger charge is -2.22. The van der Waals surface area contributed by atoms with Crippen molar-refractivity contribution in [1.29, 1.82) is 0 Å². The normalized spacial score (nSPS) is 24.7. The zero-order valence-electron chi connectivity index (χ0n) is 11.4. The summed E-state index contributed by atoms with van der Waals surface area (Å²) >= 11 is 0. The predicted molar refractivity (Wildman–Crippen MR) is 79.3 cm³/mol. The Morgan fingerprint density at radius 2 is 1.95 bits per heavy atom. The lowest BCUT2D eigenvalue weighted by molar-refractivity contribution is 0.0376. The largest absolute Gasteiger partial charge is 0.373 e. The van der Waals surface area contributed by atoms with E-state index in [1.807, 2.05) is 0 Å². The molecule has 2 heteroatoms. The van der Waals surface area contributed by atoms with Gasteiger partial charge >= 0.3 is 0 Å². The molecule has 3 atom stereocenters. The van der Waals surface area contributed by atoms with Crippen molar-refractivity contribution in [2.75, 3.05) is 6.54 Å². The Morgan fingerprint density at radius 3 is 2.74 bits per heavy atom. The van der Waals surface area contributed by atoms with E-state index < -0.39 is 0 Å². The van der Waals surface area contributed by atoms with Crippen LogP contribution in [-0.2, 0) is 4.74 Å². The Bertz CT molecular complexity index is 561. The lowest BCUT2D eigenvalue weighted by Crippen LogP contribution is -2.23. The molecule has 0 aromatic heterocycles. The van der Waals surface area contributed by atoms with Crippen LogP contribution in [0.5, 0.6) is 0 Å². The van der Waals surface area contributed by atoms with Crippen molar-refractivity contribution in [3.8, 4) is 0 Å². The van der Waals surface area contributed by atoms with E-state index in [0.717, 1.165) is 12.8 Å². The zero-order valence-corrected chi connectivity index (χ0v) is 11.4. The highest BCUT2D eigenvalue weighted by Gasteiger charge is 2.29. The summed E-state index contributed by atoms with van der Waals surface area (Å²) in [6.07, 6.45) is 2.77. The third kappa shape index (κ3) is 2.38. The number of ether oxygens (including phenoxy) is 1. The smallest absolute Gasteiger partial charge is 0.0702 e. The fourth-order valence-electron chi connectivity index (χ4n) is 3.12. The molecule has 1 heterocycles. The van der Waals surface area contributed by atoms with Gasteiger partial charge in [0.2, 0.25) is 0 Å². The summed E-state index contributed by atoms with van der Waals surface area (Å²) in [7, 11) is 0. The second-order valence-electron chi connectivity index (χ2n) is 5.47. The summed E-state index contributed by atoms with van der Waals surface area (Å²) < 4.78 is 6.05. The van der Waals surface area contributed by atoms with Gasteiger partial charge in [0, 0.05) is 12.5 Å². The molecule has 2 unspecified atom stereocenters. The molecule has 0 amide bonds. The van der Waals surface area contributed by atoms with Crippen molar-refractivity contribution >= 4 is 10.8 Å². The van der Waals surface area contributed by atoms with Crippen LogP contribution in [0.25, 0.3) is 10.8 Å². The molecule has 1 aliphatic heterocycles. The summed E-state index contributed by atoms with van der Waals surface area (Å²) in [4.78, 5) is 0. The van der Waals surface area contributed by atoms with Crippen LogP contribution in [0.1, 0.15) is 31.2 Å². The minimum Gasteiger partial charge on any atom is -0.373 e. The number of hydrogen-bond donors (Lipinski definition) is 1. The maximum absolute atomic E-state index is 6.05. The number of hydrogen-bond acceptors (Lipinski definition) is 2. The van der Waals surface area contributed by atoms with Crippen LogP contribution < -0.4 is 5.73 Å². The fourth-order valence-corrected chi connectivity index (χ4v) is 3.12. The molecule has 2 nitrogen and oxygen atoms in total. The van der Waals surface area contributed by atoms with E-state index in [0.29, 0.717) is 18.6 Å². The van der Waals surface area contributed by atoms with Gasteiger partial charge in [-0.1, -0.05) is 49.4 Å². The molecule has 2 aromatic carbocycles. The van der Waals surface area contributed by atoms with Gasteiger partial charge in [-0.05, 0) is 29.2 Å². The van der Waals surface area contributed by atoms with Crippen molar-refractivity contribution in [2.24, 2.45) is 5.73 Å². The molecule has 1 aliphatic rings. The molecular weight excluding hydrogens is 234 g/mol. The van der Waals surface area contributed by atoms with Crippen LogP contribution in [0.4, 0.5) is 0 Å². The van der Waals surface area contributed by atoms with Gasteiger partial charge in [0.1, 0.15) is 0 Å². The van der Waals surface area contributed by atoms with Crippen LogP contribution >= 0.6 is 0 Å². The first-order chi connectivity index (χ1) is 9.29. The maximum Gasteiger partial charge on any atom is 0.0702 e. The van der Waals surface area contributed by atoms with Crippen molar-refractivity contribution < 1.29 is 4.74 Å². The Hall–Kier alpha value is -1.38. The SMILES string of the molecule is C[C@H](c1cccc2ccccc12)C1CCC(CN)O1. The number of benzene rings is 2. The first kappa shape index (κ1) is 12.6. The number of nitrogens with two attached hydrogens (primary N) is 1. The number of rotatable bonds is 3. The van der Waals surface area contributed by atoms with Crippen LogP contribution in [0.15, 0.2) is 42.5 Å². The molecule has 0 radical (unpaired) electrons. The van der Waals surface area contributed by atoms with E-state index in [-0.39, 0.29) is 6.10 Å². The molecule has 1 fully saturated rings. The molecule has 100 valence electrons. The van der Waals surface area contributed by atoms with Gasteiger partial charge in [-0.25, -0.2) is 0 Å². The van der Waals surface area contributed by atoms with E-state index in [9.17, 15) is 0 Å². The summed E-state index contributed by atoms with van der Waals surface area (Å²) in [6, 6.07) is 15.1. The Morgan fingerprint density at radius 1 is 1.16 bits per heavy atom. The van der Waals surface area contributed by atoms with E-state index in [2.05, 4.69) is 49.4 Å². The van der Waals surface area contributed by atoms with E-state index >= 15 is 0 Å². The quantitative estimate of drug-likeness (QED) is 0.911. The minimum atomic E-state index is 0.252. The summed E-state index contributed by atoms with van der Waals surface area (Å²) in [5.41, 5.74) is 7.09. The van der Waals surface area contributed by atoms with Crippen LogP contribution in [0.2, 0.25) is 0 Å². The summed E-state index contributed by atoms with van der Waals surface area (Å²) in [5.74, 6) is 0.419. The third-order valence-electron chi connectivity index (χ3n) is 4.27. The molecule has 0 aliphatic carbocycles. The van der Waals surface area contributed by atoms with Gasteiger partial charge in [0.05, 0.1) is 12.2 Å². The zero-order chi connectivity index (χ0) is 13.2. The monoisotopic (exact) mass is 255 g/mol. The predicted octanol–water partition coefficient (Wildman–Crippen LogP) is 3.45. The average Bonchev–Trinajstić information content (AvgIpc) is 2.95. The molecule has 2 N–H and O–H groups in total. The molecular formula is C17H21NO. The van der Waals surface area contributed by atoms with E-state index in [4.69, 9.17) is 10.5 Å².